The molecule has 0 saturated heterocycles. The van der Waals surface area contributed by atoms with Crippen molar-refractivity contribution in [1.29, 1.82) is 0 Å². The summed E-state index contributed by atoms with van der Waals surface area (Å²) in [6.45, 7) is 1.48. The molecule has 0 aliphatic rings. The number of aromatic nitrogens is 2. The van der Waals surface area contributed by atoms with Gasteiger partial charge in [-0.25, -0.2) is 0 Å². The van der Waals surface area contributed by atoms with Crippen LogP contribution in [0.5, 0.6) is 0 Å². The van der Waals surface area contributed by atoms with E-state index in [1.54, 1.807) is 36.4 Å². The summed E-state index contributed by atoms with van der Waals surface area (Å²) in [7, 11) is 0. The number of anilines is 1. The lowest BCUT2D eigenvalue weighted by Crippen LogP contribution is -2.12. The Kier molecular flexibility index (Phi) is 4.51. The molecule has 7 nitrogen and oxygen atoms in total. The molecule has 2 aromatic heterocycles. The van der Waals surface area contributed by atoms with Crippen molar-refractivity contribution in [2.24, 2.45) is 0 Å². The Morgan fingerprint density at radius 2 is 2.08 bits per heavy atom. The molecule has 1 aromatic carbocycles. The first kappa shape index (κ1) is 15.7. The van der Waals surface area contributed by atoms with E-state index in [4.69, 9.17) is 8.94 Å². The van der Waals surface area contributed by atoms with Gasteiger partial charge in [-0.1, -0.05) is 17.3 Å². The lowest BCUT2D eigenvalue weighted by molar-refractivity contribution is -0.116. The Hall–Kier alpha value is -3.22. The number of nitrogens with zero attached hydrogens (tertiary/aromatic N) is 2. The molecule has 0 atom stereocenters. The summed E-state index contributed by atoms with van der Waals surface area (Å²) in [5.74, 6) is 0.963. The van der Waals surface area contributed by atoms with Crippen molar-refractivity contribution >= 4 is 17.4 Å². The molecule has 0 radical (unpaired) electrons. The van der Waals surface area contributed by atoms with Crippen molar-refractivity contribution in [3.05, 3.63) is 54.1 Å². The van der Waals surface area contributed by atoms with E-state index in [1.165, 1.54) is 13.2 Å². The minimum atomic E-state index is -0.201. The first-order valence-corrected chi connectivity index (χ1v) is 7.39. The molecule has 3 rings (SSSR count). The van der Waals surface area contributed by atoms with Crippen LogP contribution in [-0.2, 0) is 11.2 Å². The quantitative estimate of drug-likeness (QED) is 0.699. The van der Waals surface area contributed by atoms with Crippen LogP contribution in [-0.4, -0.2) is 21.8 Å². The van der Waals surface area contributed by atoms with Crippen molar-refractivity contribution in [3.8, 4) is 11.6 Å². The lowest BCUT2D eigenvalue weighted by atomic mass is 10.1. The third-order valence-corrected chi connectivity index (χ3v) is 3.33. The Bertz CT molecular complexity index is 852. The fourth-order valence-electron chi connectivity index (χ4n) is 2.12. The first-order chi connectivity index (χ1) is 11.6. The number of furan rings is 1. The summed E-state index contributed by atoms with van der Waals surface area (Å²) in [5.41, 5.74) is 1.13. The minimum absolute atomic E-state index is 0.0533. The van der Waals surface area contributed by atoms with Crippen molar-refractivity contribution < 1.29 is 18.5 Å². The number of aryl methyl sites for hydroxylation is 1. The Morgan fingerprint density at radius 3 is 2.83 bits per heavy atom. The highest BCUT2D eigenvalue weighted by Crippen LogP contribution is 2.16. The van der Waals surface area contributed by atoms with Gasteiger partial charge in [0.1, 0.15) is 0 Å². The second-order valence-corrected chi connectivity index (χ2v) is 5.17. The molecule has 0 fully saturated rings. The molecule has 3 aromatic rings. The molecule has 0 spiro atoms. The monoisotopic (exact) mass is 325 g/mol. The van der Waals surface area contributed by atoms with Gasteiger partial charge in [0, 0.05) is 24.1 Å². The predicted octanol–water partition coefficient (Wildman–Crippen LogP) is 3.10. The maximum Gasteiger partial charge on any atom is 0.238 e. The van der Waals surface area contributed by atoms with Gasteiger partial charge in [-0.05, 0) is 31.2 Å². The highest BCUT2D eigenvalue weighted by atomic mass is 16.5. The Labute approximate surface area is 137 Å². The molecule has 7 heteroatoms. The average molecular weight is 325 g/mol. The van der Waals surface area contributed by atoms with Crippen LogP contribution in [0.15, 0.2) is 51.6 Å². The van der Waals surface area contributed by atoms with Gasteiger partial charge in [-0.15, -0.1) is 0 Å². The van der Waals surface area contributed by atoms with Crippen LogP contribution < -0.4 is 5.32 Å². The maximum atomic E-state index is 12.0. The van der Waals surface area contributed by atoms with Crippen LogP contribution in [0.25, 0.3) is 11.6 Å². The molecular weight excluding hydrogens is 310 g/mol. The number of benzene rings is 1. The smallest absolute Gasteiger partial charge is 0.238 e. The summed E-state index contributed by atoms with van der Waals surface area (Å²) in [6, 6.07) is 10.2. The van der Waals surface area contributed by atoms with E-state index in [0.717, 1.165) is 0 Å². The number of rotatable bonds is 6. The number of hydrogen-bond acceptors (Lipinski definition) is 6. The van der Waals surface area contributed by atoms with Crippen LogP contribution >= 0.6 is 0 Å². The van der Waals surface area contributed by atoms with E-state index in [9.17, 15) is 9.59 Å². The van der Waals surface area contributed by atoms with Gasteiger partial charge >= 0.3 is 0 Å². The molecule has 1 amide bonds. The van der Waals surface area contributed by atoms with Crippen LogP contribution in [0.2, 0.25) is 0 Å². The van der Waals surface area contributed by atoms with E-state index in [2.05, 4.69) is 15.5 Å². The molecule has 24 heavy (non-hydrogen) atoms. The van der Waals surface area contributed by atoms with Crippen LogP contribution in [0.4, 0.5) is 5.69 Å². The number of carbonyl (C=O) groups is 2. The second-order valence-electron chi connectivity index (χ2n) is 5.17. The van der Waals surface area contributed by atoms with Crippen molar-refractivity contribution in [3.63, 3.8) is 0 Å². The number of hydrogen-bond donors (Lipinski definition) is 1. The van der Waals surface area contributed by atoms with Gasteiger partial charge in [0.25, 0.3) is 0 Å². The van der Waals surface area contributed by atoms with E-state index < -0.39 is 0 Å². The number of carbonyl (C=O) groups excluding carboxylic acids is 2. The molecule has 0 unspecified atom stereocenters. The fraction of sp³-hybridized carbons (Fsp3) is 0.176. The fourth-order valence-corrected chi connectivity index (χ4v) is 2.12. The van der Waals surface area contributed by atoms with E-state index in [-0.39, 0.29) is 18.1 Å². The molecular formula is C17H15N3O4. The summed E-state index contributed by atoms with van der Waals surface area (Å²) >= 11 is 0. The zero-order chi connectivity index (χ0) is 16.9. The van der Waals surface area contributed by atoms with Gasteiger partial charge in [-0.2, -0.15) is 4.98 Å². The van der Waals surface area contributed by atoms with Crippen LogP contribution in [0, 0.1) is 0 Å². The largest absolute Gasteiger partial charge is 0.461 e. The van der Waals surface area contributed by atoms with Crippen LogP contribution in [0.1, 0.15) is 29.6 Å². The Morgan fingerprint density at radius 1 is 1.21 bits per heavy atom. The molecule has 2 heterocycles. The Balaban J connectivity index is 1.56. The van der Waals surface area contributed by atoms with Gasteiger partial charge in [-0.3, -0.25) is 9.59 Å². The van der Waals surface area contributed by atoms with Crippen molar-refractivity contribution in [2.45, 2.75) is 19.8 Å². The van der Waals surface area contributed by atoms with Gasteiger partial charge in [0.2, 0.25) is 17.6 Å². The van der Waals surface area contributed by atoms with Crippen molar-refractivity contribution in [1.82, 2.24) is 10.1 Å². The van der Waals surface area contributed by atoms with E-state index >= 15 is 0 Å². The van der Waals surface area contributed by atoms with E-state index in [0.29, 0.717) is 35.1 Å². The minimum Gasteiger partial charge on any atom is -0.461 e. The highest BCUT2D eigenvalue weighted by molar-refractivity contribution is 5.97. The third-order valence-electron chi connectivity index (χ3n) is 3.33. The van der Waals surface area contributed by atoms with Gasteiger partial charge in [0.05, 0.1) is 6.26 Å². The summed E-state index contributed by atoms with van der Waals surface area (Å²) in [4.78, 5) is 27.5. The molecule has 0 bridgehead atoms. The molecule has 1 N–H and O–H groups in total. The standard InChI is InChI=1S/C17H15N3O4/c1-11(21)12-4-2-5-13(10-12)18-15(22)7-8-16-19-17(20-24-16)14-6-3-9-23-14/h2-6,9-10H,7-8H2,1H3,(H,18,22). The number of nitrogens with one attached hydrogen (secondary N) is 1. The number of Topliss-reactive ketones (excluding diaryl/α,β-unsaturated/α-hetero) is 1. The molecule has 0 aliphatic heterocycles. The van der Waals surface area contributed by atoms with Gasteiger partial charge in [0.15, 0.2) is 11.5 Å². The van der Waals surface area contributed by atoms with Crippen molar-refractivity contribution in [2.75, 3.05) is 5.32 Å². The van der Waals surface area contributed by atoms with Gasteiger partial charge < -0.3 is 14.3 Å². The third kappa shape index (κ3) is 3.75. The second kappa shape index (κ2) is 6.91. The first-order valence-electron chi connectivity index (χ1n) is 7.39. The predicted molar refractivity (Wildman–Crippen MR) is 85.4 cm³/mol. The topological polar surface area (TPSA) is 98.2 Å². The number of ketones is 1. The lowest BCUT2D eigenvalue weighted by Gasteiger charge is -2.05. The number of amides is 1. The normalized spacial score (nSPS) is 10.5. The zero-order valence-corrected chi connectivity index (χ0v) is 13.0. The zero-order valence-electron chi connectivity index (χ0n) is 13.0. The molecule has 122 valence electrons. The average Bonchev–Trinajstić information content (AvgIpc) is 3.24. The van der Waals surface area contributed by atoms with Crippen LogP contribution in [0.3, 0.4) is 0 Å². The summed E-state index contributed by atoms with van der Waals surface area (Å²) in [5, 5.41) is 6.54. The summed E-state index contributed by atoms with van der Waals surface area (Å²) in [6.07, 6.45) is 2.02. The SMILES string of the molecule is CC(=O)c1cccc(NC(=O)CCc2nc(-c3ccco3)no2)c1. The molecule has 0 saturated carbocycles. The highest BCUT2D eigenvalue weighted by Gasteiger charge is 2.12. The molecule has 0 aliphatic carbocycles. The summed E-state index contributed by atoms with van der Waals surface area (Å²) < 4.78 is 10.3. The van der Waals surface area contributed by atoms with E-state index in [1.807, 2.05) is 0 Å². The maximum absolute atomic E-state index is 12.0.